The number of rotatable bonds is 2. The summed E-state index contributed by atoms with van der Waals surface area (Å²) in [7, 11) is 0. The highest BCUT2D eigenvalue weighted by Gasteiger charge is 1.92. The second-order valence-electron chi connectivity index (χ2n) is 1.57. The lowest BCUT2D eigenvalue weighted by Crippen LogP contribution is -2.13. The number of hydrogen-bond donors (Lipinski definition) is 1. The zero-order chi connectivity index (χ0) is 6.69. The minimum Gasteiger partial charge on any atom is -0.394 e. The molecule has 0 fully saturated rings. The van der Waals surface area contributed by atoms with E-state index in [0.29, 0.717) is 6.54 Å². The standard InChI is InChI=1S/C5H7NO2S/c7-3-2-6-5(8)1-4-9-6/h1,4,7H,2-3H2. The molecular formula is C5H7NO2S. The van der Waals surface area contributed by atoms with Crippen molar-refractivity contribution in [3.05, 3.63) is 21.8 Å². The second-order valence-corrected chi connectivity index (χ2v) is 2.50. The molecule has 0 unspecified atom stereocenters. The highest BCUT2D eigenvalue weighted by atomic mass is 32.1. The number of hydrogen-bond acceptors (Lipinski definition) is 3. The van der Waals surface area contributed by atoms with Crippen LogP contribution in [0.5, 0.6) is 0 Å². The van der Waals surface area contributed by atoms with E-state index in [9.17, 15) is 4.79 Å². The van der Waals surface area contributed by atoms with Gasteiger partial charge in [0, 0.05) is 11.4 Å². The Morgan fingerprint density at radius 2 is 2.56 bits per heavy atom. The highest BCUT2D eigenvalue weighted by Crippen LogP contribution is 1.90. The summed E-state index contributed by atoms with van der Waals surface area (Å²) in [5.74, 6) is 0. The van der Waals surface area contributed by atoms with Gasteiger partial charge >= 0.3 is 0 Å². The summed E-state index contributed by atoms with van der Waals surface area (Å²) in [6, 6.07) is 1.49. The largest absolute Gasteiger partial charge is 0.394 e. The van der Waals surface area contributed by atoms with E-state index in [1.807, 2.05) is 0 Å². The van der Waals surface area contributed by atoms with Crippen LogP contribution < -0.4 is 5.56 Å². The Morgan fingerprint density at radius 1 is 1.78 bits per heavy atom. The molecule has 1 aromatic rings. The van der Waals surface area contributed by atoms with Crippen LogP contribution in [0.1, 0.15) is 0 Å². The summed E-state index contributed by atoms with van der Waals surface area (Å²) >= 11 is 1.32. The molecule has 0 aliphatic carbocycles. The summed E-state index contributed by atoms with van der Waals surface area (Å²) in [5, 5.41) is 10.1. The van der Waals surface area contributed by atoms with Crippen LogP contribution in [0.2, 0.25) is 0 Å². The Morgan fingerprint density at radius 3 is 3.00 bits per heavy atom. The minimum absolute atomic E-state index is 0.0282. The third-order valence-corrected chi connectivity index (χ3v) is 1.82. The summed E-state index contributed by atoms with van der Waals surface area (Å²) in [5.41, 5.74) is -0.0333. The second kappa shape index (κ2) is 2.80. The number of aromatic nitrogens is 1. The predicted octanol–water partition coefficient (Wildman–Crippen LogP) is -0.0979. The number of aliphatic hydroxyl groups excluding tert-OH is 1. The first-order valence-electron chi connectivity index (χ1n) is 2.60. The molecule has 0 spiro atoms. The van der Waals surface area contributed by atoms with Gasteiger partial charge in [0.25, 0.3) is 5.56 Å². The van der Waals surface area contributed by atoms with Crippen LogP contribution >= 0.6 is 11.5 Å². The summed E-state index contributed by atoms with van der Waals surface area (Å²) in [6.45, 7) is 0.441. The zero-order valence-corrected chi connectivity index (χ0v) is 5.60. The fraction of sp³-hybridized carbons (Fsp3) is 0.400. The molecule has 0 bridgehead atoms. The van der Waals surface area contributed by atoms with Gasteiger partial charge in [-0.1, -0.05) is 11.5 Å². The van der Waals surface area contributed by atoms with Gasteiger partial charge in [0.05, 0.1) is 13.2 Å². The summed E-state index contributed by atoms with van der Waals surface area (Å²) in [4.78, 5) is 10.7. The third-order valence-electron chi connectivity index (χ3n) is 0.948. The topological polar surface area (TPSA) is 42.2 Å². The Labute approximate surface area is 56.3 Å². The molecule has 1 N–H and O–H groups in total. The van der Waals surface area contributed by atoms with Crippen molar-refractivity contribution in [1.82, 2.24) is 3.96 Å². The van der Waals surface area contributed by atoms with Crippen LogP contribution in [-0.4, -0.2) is 15.7 Å². The van der Waals surface area contributed by atoms with Crippen LogP contribution in [0.25, 0.3) is 0 Å². The lowest BCUT2D eigenvalue weighted by atomic mass is 10.7. The Kier molecular flexibility index (Phi) is 2.02. The van der Waals surface area contributed by atoms with E-state index < -0.39 is 0 Å². The molecule has 1 rings (SSSR count). The van der Waals surface area contributed by atoms with Crippen molar-refractivity contribution in [2.75, 3.05) is 6.61 Å². The van der Waals surface area contributed by atoms with Crippen molar-refractivity contribution in [2.45, 2.75) is 6.54 Å². The lowest BCUT2D eigenvalue weighted by Gasteiger charge is -1.91. The fourth-order valence-corrected chi connectivity index (χ4v) is 1.23. The van der Waals surface area contributed by atoms with Crippen molar-refractivity contribution >= 4 is 11.5 Å². The molecule has 50 valence electrons. The quantitative estimate of drug-likeness (QED) is 0.631. The van der Waals surface area contributed by atoms with Gasteiger partial charge in [0.1, 0.15) is 0 Å². The van der Waals surface area contributed by atoms with E-state index in [0.717, 1.165) is 0 Å². The van der Waals surface area contributed by atoms with Crippen molar-refractivity contribution in [2.24, 2.45) is 0 Å². The summed E-state index contributed by atoms with van der Waals surface area (Å²) in [6.07, 6.45) is 0. The molecule has 9 heavy (non-hydrogen) atoms. The molecule has 4 heteroatoms. The van der Waals surface area contributed by atoms with Crippen LogP contribution in [0, 0.1) is 0 Å². The molecule has 0 saturated heterocycles. The van der Waals surface area contributed by atoms with Crippen LogP contribution in [0.15, 0.2) is 16.2 Å². The highest BCUT2D eigenvalue weighted by molar-refractivity contribution is 7.04. The van der Waals surface area contributed by atoms with Crippen LogP contribution in [0.4, 0.5) is 0 Å². The van der Waals surface area contributed by atoms with Crippen LogP contribution in [0.3, 0.4) is 0 Å². The average Bonchev–Trinajstić information content (AvgIpc) is 2.18. The van der Waals surface area contributed by atoms with Gasteiger partial charge < -0.3 is 5.11 Å². The van der Waals surface area contributed by atoms with Gasteiger partial charge in [0.2, 0.25) is 0 Å². The molecular weight excluding hydrogens is 138 g/mol. The van der Waals surface area contributed by atoms with E-state index in [2.05, 4.69) is 0 Å². The third kappa shape index (κ3) is 1.40. The van der Waals surface area contributed by atoms with Crippen LogP contribution in [-0.2, 0) is 6.54 Å². The molecule has 0 radical (unpaired) electrons. The van der Waals surface area contributed by atoms with Gasteiger partial charge in [-0.2, -0.15) is 0 Å². The van der Waals surface area contributed by atoms with E-state index in [1.165, 1.54) is 21.6 Å². The zero-order valence-electron chi connectivity index (χ0n) is 4.78. The molecule has 0 aromatic carbocycles. The molecule has 3 nitrogen and oxygen atoms in total. The van der Waals surface area contributed by atoms with E-state index >= 15 is 0 Å². The van der Waals surface area contributed by atoms with Gasteiger partial charge in [-0.05, 0) is 0 Å². The lowest BCUT2D eigenvalue weighted by molar-refractivity contribution is 0.279. The van der Waals surface area contributed by atoms with Gasteiger partial charge in [-0.3, -0.25) is 8.75 Å². The molecule has 0 atom stereocenters. The number of aliphatic hydroxyl groups is 1. The van der Waals surface area contributed by atoms with Gasteiger partial charge in [-0.25, -0.2) is 0 Å². The smallest absolute Gasteiger partial charge is 0.260 e. The predicted molar refractivity (Wildman–Crippen MR) is 35.7 cm³/mol. The first-order valence-corrected chi connectivity index (χ1v) is 3.44. The molecule has 1 heterocycles. The fourth-order valence-electron chi connectivity index (χ4n) is 0.551. The normalized spacial score (nSPS) is 9.89. The molecule has 0 aliphatic rings. The number of nitrogens with zero attached hydrogens (tertiary/aromatic N) is 1. The Balaban J connectivity index is 2.81. The molecule has 0 aliphatic heterocycles. The Hall–Kier alpha value is -0.610. The monoisotopic (exact) mass is 145 g/mol. The van der Waals surface area contributed by atoms with Gasteiger partial charge in [-0.15, -0.1) is 0 Å². The van der Waals surface area contributed by atoms with Crippen molar-refractivity contribution in [3.8, 4) is 0 Å². The van der Waals surface area contributed by atoms with Gasteiger partial charge in [0.15, 0.2) is 0 Å². The van der Waals surface area contributed by atoms with E-state index in [1.54, 1.807) is 5.38 Å². The van der Waals surface area contributed by atoms with Crippen molar-refractivity contribution in [1.29, 1.82) is 0 Å². The minimum atomic E-state index is -0.0333. The summed E-state index contributed by atoms with van der Waals surface area (Å²) < 4.78 is 1.50. The SMILES string of the molecule is O=c1ccsn1CCO. The molecule has 0 saturated carbocycles. The first-order chi connectivity index (χ1) is 4.34. The van der Waals surface area contributed by atoms with E-state index in [4.69, 9.17) is 5.11 Å². The van der Waals surface area contributed by atoms with Crippen molar-refractivity contribution in [3.63, 3.8) is 0 Å². The maximum absolute atomic E-state index is 10.7. The molecule has 0 amide bonds. The maximum Gasteiger partial charge on any atom is 0.260 e. The first kappa shape index (κ1) is 6.51. The van der Waals surface area contributed by atoms with Crippen molar-refractivity contribution < 1.29 is 5.11 Å². The average molecular weight is 145 g/mol. The Bertz CT molecular complexity index is 227. The maximum atomic E-state index is 10.7. The van der Waals surface area contributed by atoms with E-state index in [-0.39, 0.29) is 12.2 Å². The molecule has 1 aromatic heterocycles.